The van der Waals surface area contributed by atoms with E-state index >= 15 is 0 Å². The van der Waals surface area contributed by atoms with Crippen LogP contribution in [0.15, 0.2) is 18.2 Å². The second kappa shape index (κ2) is 13.0. The van der Waals surface area contributed by atoms with Crippen LogP contribution in [0.2, 0.25) is 0 Å². The molecule has 184 valence electrons. The maximum absolute atomic E-state index is 12.8. The van der Waals surface area contributed by atoms with Crippen molar-refractivity contribution in [2.75, 3.05) is 60.0 Å². The molecule has 0 aliphatic carbocycles. The molecular formula is C23H35N3O7. The molecule has 2 aliphatic heterocycles. The van der Waals surface area contributed by atoms with Gasteiger partial charge >= 0.3 is 11.9 Å². The van der Waals surface area contributed by atoms with Crippen LogP contribution in [0.5, 0.6) is 11.5 Å². The highest BCUT2D eigenvalue weighted by atomic mass is 16.5. The summed E-state index contributed by atoms with van der Waals surface area (Å²) in [5.74, 6) is -1.52. The molecule has 1 aromatic rings. The first-order valence-corrected chi connectivity index (χ1v) is 11.2. The number of nitrogens with zero attached hydrogens (tertiary/aromatic N) is 3. The van der Waals surface area contributed by atoms with Gasteiger partial charge in [0.05, 0.1) is 14.2 Å². The van der Waals surface area contributed by atoms with E-state index in [1.807, 2.05) is 12.1 Å². The molecule has 10 heteroatoms. The van der Waals surface area contributed by atoms with Gasteiger partial charge in [0.1, 0.15) is 0 Å². The van der Waals surface area contributed by atoms with Crippen molar-refractivity contribution < 1.29 is 34.1 Å². The number of piperidine rings is 1. The van der Waals surface area contributed by atoms with Gasteiger partial charge in [0, 0.05) is 44.2 Å². The Balaban J connectivity index is 0.000000569. The summed E-state index contributed by atoms with van der Waals surface area (Å²) in [7, 11) is 3.35. The van der Waals surface area contributed by atoms with E-state index in [0.717, 1.165) is 82.3 Å². The molecule has 2 fully saturated rings. The Kier molecular flexibility index (Phi) is 10.4. The second-order valence-electron chi connectivity index (χ2n) is 8.07. The first-order chi connectivity index (χ1) is 15.8. The van der Waals surface area contributed by atoms with Crippen molar-refractivity contribution in [2.24, 2.45) is 5.92 Å². The molecule has 2 saturated heterocycles. The van der Waals surface area contributed by atoms with Crippen molar-refractivity contribution in [3.05, 3.63) is 23.8 Å². The molecule has 0 spiro atoms. The van der Waals surface area contributed by atoms with Crippen LogP contribution in [-0.2, 0) is 20.9 Å². The van der Waals surface area contributed by atoms with E-state index in [1.165, 1.54) is 0 Å². The third kappa shape index (κ3) is 7.61. The average Bonchev–Trinajstić information content (AvgIpc) is 2.84. The van der Waals surface area contributed by atoms with Gasteiger partial charge in [0.25, 0.3) is 0 Å². The lowest BCUT2D eigenvalue weighted by Crippen LogP contribution is -2.51. The molecule has 3 rings (SSSR count). The molecule has 0 saturated carbocycles. The van der Waals surface area contributed by atoms with Crippen LogP contribution >= 0.6 is 0 Å². The zero-order valence-corrected chi connectivity index (χ0v) is 19.7. The number of carbonyl (C=O) groups excluding carboxylic acids is 1. The summed E-state index contributed by atoms with van der Waals surface area (Å²) in [6, 6.07) is 6.01. The van der Waals surface area contributed by atoms with E-state index in [9.17, 15) is 4.79 Å². The van der Waals surface area contributed by atoms with Crippen molar-refractivity contribution in [2.45, 2.75) is 26.3 Å². The lowest BCUT2D eigenvalue weighted by atomic mass is 9.94. The van der Waals surface area contributed by atoms with E-state index in [0.29, 0.717) is 5.91 Å². The fraction of sp³-hybridized carbons (Fsp3) is 0.609. The van der Waals surface area contributed by atoms with Crippen LogP contribution in [0.4, 0.5) is 0 Å². The van der Waals surface area contributed by atoms with Gasteiger partial charge in [-0.15, -0.1) is 0 Å². The normalized spacial score (nSPS) is 17.6. The summed E-state index contributed by atoms with van der Waals surface area (Å²) in [6.45, 7) is 9.78. The van der Waals surface area contributed by atoms with Crippen LogP contribution < -0.4 is 9.47 Å². The molecule has 0 bridgehead atoms. The number of amides is 1. The first-order valence-electron chi connectivity index (χ1n) is 11.2. The highest BCUT2D eigenvalue weighted by Crippen LogP contribution is 2.32. The highest BCUT2D eigenvalue weighted by Gasteiger charge is 2.30. The van der Waals surface area contributed by atoms with Gasteiger partial charge in [0.15, 0.2) is 11.5 Å². The number of piperazine rings is 1. The zero-order valence-electron chi connectivity index (χ0n) is 19.7. The minimum absolute atomic E-state index is 0.182. The molecule has 0 radical (unpaired) electrons. The molecule has 2 aliphatic rings. The van der Waals surface area contributed by atoms with Gasteiger partial charge in [-0.25, -0.2) is 9.59 Å². The van der Waals surface area contributed by atoms with Crippen LogP contribution in [0.3, 0.4) is 0 Å². The Bertz CT molecular complexity index is 789. The van der Waals surface area contributed by atoms with Crippen LogP contribution in [0, 0.1) is 5.92 Å². The summed E-state index contributed by atoms with van der Waals surface area (Å²) in [4.78, 5) is 38.0. The molecule has 2 heterocycles. The summed E-state index contributed by atoms with van der Waals surface area (Å²) in [5, 5.41) is 14.8. The monoisotopic (exact) mass is 465 g/mol. The Morgan fingerprint density at radius 2 is 1.52 bits per heavy atom. The molecule has 0 unspecified atom stereocenters. The third-order valence-corrected chi connectivity index (χ3v) is 6.13. The Labute approximate surface area is 194 Å². The maximum Gasteiger partial charge on any atom is 0.414 e. The molecule has 10 nitrogen and oxygen atoms in total. The molecule has 2 N–H and O–H groups in total. The number of hydrogen-bond donors (Lipinski definition) is 2. The number of carboxylic acid groups (broad SMARTS) is 2. The van der Waals surface area contributed by atoms with E-state index in [2.05, 4.69) is 27.7 Å². The largest absolute Gasteiger partial charge is 0.493 e. The standard InChI is InChI=1S/C21H33N3O3.C2H2O4/c1-4-22-12-14-24(15-13-22)21(25)17-8-10-23(11-9-17)16-18-6-5-7-19(26-2)20(18)27-3;3-1(4)2(5)6/h5-7,17H,4,8-16H2,1-3H3;(H,3,4)(H,5,6). The summed E-state index contributed by atoms with van der Waals surface area (Å²) in [5.41, 5.74) is 1.14. The lowest BCUT2D eigenvalue weighted by Gasteiger charge is -2.38. The predicted molar refractivity (Wildman–Crippen MR) is 122 cm³/mol. The molecule has 1 aromatic carbocycles. The van der Waals surface area contributed by atoms with Gasteiger partial charge in [-0.1, -0.05) is 19.1 Å². The van der Waals surface area contributed by atoms with E-state index in [4.69, 9.17) is 29.3 Å². The molecule has 0 atom stereocenters. The van der Waals surface area contributed by atoms with E-state index in [1.54, 1.807) is 14.2 Å². The number of benzene rings is 1. The number of methoxy groups -OCH3 is 2. The number of carbonyl (C=O) groups is 3. The average molecular weight is 466 g/mol. The fourth-order valence-electron chi connectivity index (χ4n) is 4.20. The number of hydrogen-bond acceptors (Lipinski definition) is 7. The number of aliphatic carboxylic acids is 2. The van der Waals surface area contributed by atoms with Crippen molar-refractivity contribution in [1.82, 2.24) is 14.7 Å². The Morgan fingerprint density at radius 3 is 2.00 bits per heavy atom. The SMILES string of the molecule is CCN1CCN(C(=O)C2CCN(Cc3cccc(OC)c3OC)CC2)CC1.O=C(O)C(=O)O. The van der Waals surface area contributed by atoms with Crippen molar-refractivity contribution in [1.29, 1.82) is 0 Å². The third-order valence-electron chi connectivity index (χ3n) is 6.13. The number of rotatable bonds is 6. The molecule has 33 heavy (non-hydrogen) atoms. The summed E-state index contributed by atoms with van der Waals surface area (Å²) >= 11 is 0. The van der Waals surface area contributed by atoms with Crippen LogP contribution in [0.25, 0.3) is 0 Å². The number of likely N-dealkylation sites (tertiary alicyclic amines) is 1. The molecular weight excluding hydrogens is 430 g/mol. The van der Waals surface area contributed by atoms with Crippen molar-refractivity contribution >= 4 is 17.8 Å². The number of ether oxygens (including phenoxy) is 2. The zero-order chi connectivity index (χ0) is 24.4. The van der Waals surface area contributed by atoms with Crippen molar-refractivity contribution in [3.63, 3.8) is 0 Å². The van der Waals surface area contributed by atoms with Crippen molar-refractivity contribution in [3.8, 4) is 11.5 Å². The van der Waals surface area contributed by atoms with E-state index < -0.39 is 11.9 Å². The lowest BCUT2D eigenvalue weighted by molar-refractivity contribution is -0.159. The Hall–Kier alpha value is -2.85. The molecule has 0 aromatic heterocycles. The van der Waals surface area contributed by atoms with Gasteiger partial charge in [-0.3, -0.25) is 9.69 Å². The van der Waals surface area contributed by atoms with E-state index in [-0.39, 0.29) is 5.92 Å². The summed E-state index contributed by atoms with van der Waals surface area (Å²) < 4.78 is 10.9. The summed E-state index contributed by atoms with van der Waals surface area (Å²) in [6.07, 6.45) is 1.89. The topological polar surface area (TPSA) is 120 Å². The van der Waals surface area contributed by atoms with Gasteiger partial charge in [-0.05, 0) is 38.5 Å². The minimum Gasteiger partial charge on any atom is -0.493 e. The van der Waals surface area contributed by atoms with Gasteiger partial charge < -0.3 is 29.5 Å². The molecule has 1 amide bonds. The number of para-hydroxylation sites is 1. The first kappa shape index (κ1) is 26.4. The smallest absolute Gasteiger partial charge is 0.414 e. The quantitative estimate of drug-likeness (QED) is 0.598. The second-order valence-corrected chi connectivity index (χ2v) is 8.07. The van der Waals surface area contributed by atoms with Gasteiger partial charge in [-0.2, -0.15) is 0 Å². The van der Waals surface area contributed by atoms with Gasteiger partial charge in [0.2, 0.25) is 5.91 Å². The number of likely N-dealkylation sites (N-methyl/N-ethyl adjacent to an activating group) is 1. The predicted octanol–water partition coefficient (Wildman–Crippen LogP) is 1.24. The minimum atomic E-state index is -1.82. The number of carboxylic acids is 2. The Morgan fingerprint density at radius 1 is 0.909 bits per heavy atom. The van der Waals surface area contributed by atoms with Crippen LogP contribution in [-0.4, -0.2) is 103 Å². The fourth-order valence-corrected chi connectivity index (χ4v) is 4.20. The van der Waals surface area contributed by atoms with Crippen LogP contribution in [0.1, 0.15) is 25.3 Å². The maximum atomic E-state index is 12.8. The highest BCUT2D eigenvalue weighted by molar-refractivity contribution is 6.27.